The second-order valence-corrected chi connectivity index (χ2v) is 8.20. The summed E-state index contributed by atoms with van der Waals surface area (Å²) in [4.78, 5) is 20.7. The molecule has 0 aromatic carbocycles. The van der Waals surface area contributed by atoms with Crippen molar-refractivity contribution in [3.8, 4) is 11.8 Å². The van der Waals surface area contributed by atoms with Crippen molar-refractivity contribution in [2.45, 2.75) is 25.4 Å². The molecular formula is C20H29N3O3S. The number of hydrogen-bond acceptors (Lipinski definition) is 6. The first-order chi connectivity index (χ1) is 13.2. The lowest BCUT2D eigenvalue weighted by atomic mass is 10.1. The van der Waals surface area contributed by atoms with Crippen LogP contribution in [0.4, 0.5) is 0 Å². The van der Waals surface area contributed by atoms with E-state index in [0.717, 1.165) is 51.3 Å². The Morgan fingerprint density at radius 2 is 2.22 bits per heavy atom. The topological polar surface area (TPSA) is 56.2 Å². The number of rotatable bonds is 4. The second-order valence-electron chi connectivity index (χ2n) is 7.20. The third kappa shape index (κ3) is 6.03. The van der Waals surface area contributed by atoms with Crippen molar-refractivity contribution in [3.63, 3.8) is 0 Å². The highest BCUT2D eigenvalue weighted by Crippen LogP contribution is 2.21. The van der Waals surface area contributed by atoms with Gasteiger partial charge < -0.3 is 19.6 Å². The number of nitrogens with zero attached hydrogens (tertiary/aromatic N) is 3. The average Bonchev–Trinajstić information content (AvgIpc) is 2.99. The van der Waals surface area contributed by atoms with Crippen molar-refractivity contribution < 1.29 is 14.6 Å². The maximum Gasteiger partial charge on any atom is 0.224 e. The Hall–Kier alpha value is -1.43. The normalized spacial score (nSPS) is 22.1. The first kappa shape index (κ1) is 20.3. The summed E-state index contributed by atoms with van der Waals surface area (Å²) in [7, 11) is 2.12. The van der Waals surface area contributed by atoms with Gasteiger partial charge in [0.1, 0.15) is 6.61 Å². The van der Waals surface area contributed by atoms with Crippen molar-refractivity contribution in [2.75, 3.05) is 59.6 Å². The highest BCUT2D eigenvalue weighted by molar-refractivity contribution is 7.10. The smallest absolute Gasteiger partial charge is 0.224 e. The predicted octanol–water partition coefficient (Wildman–Crippen LogP) is 0.847. The molecule has 1 N–H and O–H groups in total. The zero-order valence-electron chi connectivity index (χ0n) is 16.0. The van der Waals surface area contributed by atoms with Gasteiger partial charge in [0.25, 0.3) is 0 Å². The van der Waals surface area contributed by atoms with Crippen molar-refractivity contribution in [3.05, 3.63) is 21.9 Å². The van der Waals surface area contributed by atoms with Crippen molar-refractivity contribution in [2.24, 2.45) is 0 Å². The van der Waals surface area contributed by atoms with Crippen molar-refractivity contribution in [1.82, 2.24) is 14.7 Å². The molecule has 0 bridgehead atoms. The molecule has 6 nitrogen and oxygen atoms in total. The highest BCUT2D eigenvalue weighted by Gasteiger charge is 2.28. The van der Waals surface area contributed by atoms with Crippen LogP contribution in [0.15, 0.2) is 11.4 Å². The first-order valence-corrected chi connectivity index (χ1v) is 10.5. The number of aliphatic hydroxyl groups is 1. The number of thiophene rings is 1. The van der Waals surface area contributed by atoms with Gasteiger partial charge in [-0.2, -0.15) is 0 Å². The van der Waals surface area contributed by atoms with Crippen LogP contribution in [0.5, 0.6) is 0 Å². The molecule has 3 heterocycles. The summed E-state index contributed by atoms with van der Waals surface area (Å²) in [5.74, 6) is 5.88. The second kappa shape index (κ2) is 10.2. The minimum Gasteiger partial charge on any atom is -0.384 e. The molecule has 7 heteroatoms. The number of hydrogen-bond donors (Lipinski definition) is 1. The number of aliphatic hydroxyl groups excluding tert-OH is 1. The lowest BCUT2D eigenvalue weighted by Crippen LogP contribution is -2.48. The van der Waals surface area contributed by atoms with Gasteiger partial charge in [-0.1, -0.05) is 11.8 Å². The molecule has 1 aromatic rings. The largest absolute Gasteiger partial charge is 0.384 e. The van der Waals surface area contributed by atoms with Gasteiger partial charge >= 0.3 is 0 Å². The number of carbonyl (C=O) groups is 1. The van der Waals surface area contributed by atoms with Gasteiger partial charge in [0.15, 0.2) is 0 Å². The number of ether oxygens (including phenoxy) is 1. The van der Waals surface area contributed by atoms with E-state index in [0.29, 0.717) is 19.6 Å². The standard InChI is InChI=1S/C20H29N3O3S/c1-21-5-3-6-22(8-7-21)20(25)13-18-15-26-11-9-23(18)14-19-12-17(16-27-19)4-2-10-24/h12,16,18,24H,3,5-11,13-15H2,1H3. The van der Waals surface area contributed by atoms with E-state index < -0.39 is 0 Å². The Kier molecular flexibility index (Phi) is 7.68. The average molecular weight is 392 g/mol. The van der Waals surface area contributed by atoms with Gasteiger partial charge in [0.2, 0.25) is 5.91 Å². The zero-order chi connectivity index (χ0) is 19.1. The molecule has 1 atom stereocenters. The summed E-state index contributed by atoms with van der Waals surface area (Å²) in [5.41, 5.74) is 0.943. The summed E-state index contributed by atoms with van der Waals surface area (Å²) in [6.45, 7) is 6.54. The van der Waals surface area contributed by atoms with Crippen LogP contribution in [-0.4, -0.2) is 91.3 Å². The number of likely N-dealkylation sites (N-methyl/N-ethyl adjacent to an activating group) is 1. The summed E-state index contributed by atoms with van der Waals surface area (Å²) < 4.78 is 5.67. The van der Waals surface area contributed by atoms with Crippen LogP contribution in [0.25, 0.3) is 0 Å². The van der Waals surface area contributed by atoms with E-state index in [-0.39, 0.29) is 18.6 Å². The van der Waals surface area contributed by atoms with Gasteiger partial charge in [-0.25, -0.2) is 0 Å². The molecule has 0 radical (unpaired) electrons. The molecule has 148 valence electrons. The fourth-order valence-corrected chi connectivity index (χ4v) is 4.42. The molecule has 2 saturated heterocycles. The van der Waals surface area contributed by atoms with E-state index >= 15 is 0 Å². The van der Waals surface area contributed by atoms with Gasteiger partial charge in [0.05, 0.1) is 13.2 Å². The van der Waals surface area contributed by atoms with Crippen LogP contribution in [0.3, 0.4) is 0 Å². The van der Waals surface area contributed by atoms with Crippen LogP contribution in [0.2, 0.25) is 0 Å². The summed E-state index contributed by atoms with van der Waals surface area (Å²) >= 11 is 1.68. The third-order valence-corrected chi connectivity index (χ3v) is 6.08. The van der Waals surface area contributed by atoms with E-state index in [1.807, 2.05) is 10.3 Å². The highest BCUT2D eigenvalue weighted by atomic mass is 32.1. The molecule has 2 fully saturated rings. The predicted molar refractivity (Wildman–Crippen MR) is 107 cm³/mol. The molecule has 27 heavy (non-hydrogen) atoms. The van der Waals surface area contributed by atoms with Gasteiger partial charge in [0, 0.05) is 61.0 Å². The van der Waals surface area contributed by atoms with Crippen LogP contribution >= 0.6 is 11.3 Å². The van der Waals surface area contributed by atoms with Crippen LogP contribution in [0.1, 0.15) is 23.3 Å². The van der Waals surface area contributed by atoms with Crippen molar-refractivity contribution in [1.29, 1.82) is 0 Å². The van der Waals surface area contributed by atoms with Gasteiger partial charge in [-0.3, -0.25) is 9.69 Å². The Balaban J connectivity index is 1.58. The summed E-state index contributed by atoms with van der Waals surface area (Å²) in [5, 5.41) is 10.8. The van der Waals surface area contributed by atoms with Crippen LogP contribution in [-0.2, 0) is 16.1 Å². The summed E-state index contributed by atoms with van der Waals surface area (Å²) in [6.07, 6.45) is 1.56. The first-order valence-electron chi connectivity index (χ1n) is 9.61. The molecule has 1 unspecified atom stereocenters. The maximum atomic E-state index is 12.8. The van der Waals surface area contributed by atoms with Crippen molar-refractivity contribution >= 4 is 17.2 Å². The van der Waals surface area contributed by atoms with Crippen LogP contribution < -0.4 is 0 Å². The van der Waals surface area contributed by atoms with E-state index in [4.69, 9.17) is 9.84 Å². The molecule has 3 rings (SSSR count). The Morgan fingerprint density at radius 1 is 1.33 bits per heavy atom. The maximum absolute atomic E-state index is 12.8. The Morgan fingerprint density at radius 3 is 3.07 bits per heavy atom. The van der Waals surface area contributed by atoms with Gasteiger partial charge in [-0.15, -0.1) is 11.3 Å². The molecule has 0 aliphatic carbocycles. The molecule has 0 saturated carbocycles. The fraction of sp³-hybridized carbons (Fsp3) is 0.650. The molecule has 1 aromatic heterocycles. The van der Waals surface area contributed by atoms with E-state index in [2.05, 4.69) is 34.8 Å². The lowest BCUT2D eigenvalue weighted by Gasteiger charge is -2.36. The minimum atomic E-state index is -0.120. The number of carbonyl (C=O) groups excluding carboxylic acids is 1. The van der Waals surface area contributed by atoms with Crippen LogP contribution in [0, 0.1) is 11.8 Å². The SMILES string of the molecule is CN1CCCN(C(=O)CC2COCCN2Cc2cc(C#CCO)cs2)CC1. The van der Waals surface area contributed by atoms with E-state index in [1.165, 1.54) is 4.88 Å². The van der Waals surface area contributed by atoms with E-state index in [9.17, 15) is 4.79 Å². The summed E-state index contributed by atoms with van der Waals surface area (Å²) in [6, 6.07) is 2.20. The molecule has 1 amide bonds. The quantitative estimate of drug-likeness (QED) is 0.771. The zero-order valence-corrected chi connectivity index (χ0v) is 16.8. The fourth-order valence-electron chi connectivity index (χ4n) is 3.58. The lowest BCUT2D eigenvalue weighted by molar-refractivity contribution is -0.134. The molecular weight excluding hydrogens is 362 g/mol. The Bertz CT molecular complexity index is 682. The molecule has 2 aliphatic rings. The Labute approximate surface area is 165 Å². The third-order valence-electron chi connectivity index (χ3n) is 5.16. The monoisotopic (exact) mass is 391 g/mol. The molecule has 2 aliphatic heterocycles. The number of amides is 1. The van der Waals surface area contributed by atoms with Gasteiger partial charge in [-0.05, 0) is 26.1 Å². The minimum absolute atomic E-state index is 0.120. The number of morpholine rings is 1. The molecule has 0 spiro atoms. The van der Waals surface area contributed by atoms with E-state index in [1.54, 1.807) is 11.3 Å².